The Morgan fingerprint density at radius 3 is 2.50 bits per heavy atom. The third kappa shape index (κ3) is 4.35. The lowest BCUT2D eigenvalue weighted by Gasteiger charge is -2.39. The van der Waals surface area contributed by atoms with Gasteiger partial charge in [-0.3, -0.25) is 4.90 Å². The van der Waals surface area contributed by atoms with Crippen LogP contribution < -0.4 is 5.32 Å². The molecule has 0 aliphatic carbocycles. The topological polar surface area (TPSA) is 44.8 Å². The summed E-state index contributed by atoms with van der Waals surface area (Å²) >= 11 is 0. The first-order valence-corrected chi connectivity index (χ1v) is 8.04. The zero-order valence-corrected chi connectivity index (χ0v) is 12.9. The summed E-state index contributed by atoms with van der Waals surface area (Å²) in [5.41, 5.74) is 0. The van der Waals surface area contributed by atoms with Crippen LogP contribution in [0.1, 0.15) is 39.5 Å². The lowest BCUT2D eigenvalue weighted by molar-refractivity contribution is 0.0374. The lowest BCUT2D eigenvalue weighted by atomic mass is 9.98. The van der Waals surface area contributed by atoms with E-state index in [4.69, 9.17) is 4.74 Å². The normalized spacial score (nSPS) is 28.4. The Bertz CT molecular complexity index is 295. The number of carbonyl (C=O) groups excluding carboxylic acids is 1. The van der Waals surface area contributed by atoms with E-state index in [-0.39, 0.29) is 6.03 Å². The number of carbonyl (C=O) groups is 1. The van der Waals surface area contributed by atoms with Crippen molar-refractivity contribution in [1.29, 1.82) is 0 Å². The fraction of sp³-hybridized carbons (Fsp3) is 0.933. The molecule has 20 heavy (non-hydrogen) atoms. The van der Waals surface area contributed by atoms with Gasteiger partial charge < -0.3 is 15.0 Å². The van der Waals surface area contributed by atoms with Gasteiger partial charge in [0.05, 0.1) is 13.2 Å². The highest BCUT2D eigenvalue weighted by molar-refractivity contribution is 5.74. The van der Waals surface area contributed by atoms with Crippen LogP contribution in [-0.4, -0.2) is 67.3 Å². The molecule has 2 fully saturated rings. The van der Waals surface area contributed by atoms with Gasteiger partial charge in [0.15, 0.2) is 0 Å². The van der Waals surface area contributed by atoms with Gasteiger partial charge in [-0.2, -0.15) is 0 Å². The molecular formula is C15H29N3O2. The molecule has 2 saturated heterocycles. The van der Waals surface area contributed by atoms with Gasteiger partial charge in [0.25, 0.3) is 0 Å². The molecule has 0 aromatic rings. The van der Waals surface area contributed by atoms with Crippen molar-refractivity contribution in [3.63, 3.8) is 0 Å². The number of nitrogens with zero attached hydrogens (tertiary/aromatic N) is 2. The van der Waals surface area contributed by atoms with Gasteiger partial charge in [-0.05, 0) is 46.1 Å². The van der Waals surface area contributed by atoms with E-state index in [1.165, 1.54) is 6.42 Å². The van der Waals surface area contributed by atoms with Crippen molar-refractivity contribution in [2.45, 2.75) is 51.6 Å². The summed E-state index contributed by atoms with van der Waals surface area (Å²) in [6.07, 6.45) is 4.52. The van der Waals surface area contributed by atoms with Crippen LogP contribution in [0.4, 0.5) is 4.79 Å². The number of morpholine rings is 1. The quantitative estimate of drug-likeness (QED) is 0.799. The van der Waals surface area contributed by atoms with Gasteiger partial charge in [-0.1, -0.05) is 0 Å². The van der Waals surface area contributed by atoms with Crippen molar-refractivity contribution in [3.05, 3.63) is 0 Å². The van der Waals surface area contributed by atoms with E-state index < -0.39 is 0 Å². The molecule has 0 bridgehead atoms. The second-order valence-corrected chi connectivity index (χ2v) is 6.08. The van der Waals surface area contributed by atoms with Gasteiger partial charge in [0.2, 0.25) is 0 Å². The fourth-order valence-corrected chi connectivity index (χ4v) is 3.24. The molecular weight excluding hydrogens is 254 g/mol. The molecule has 0 aromatic heterocycles. The van der Waals surface area contributed by atoms with Crippen molar-refractivity contribution in [3.8, 4) is 0 Å². The molecule has 5 heteroatoms. The summed E-state index contributed by atoms with van der Waals surface area (Å²) in [5.74, 6) is 0. The van der Waals surface area contributed by atoms with Crippen LogP contribution in [0.5, 0.6) is 0 Å². The largest absolute Gasteiger partial charge is 0.379 e. The zero-order chi connectivity index (χ0) is 14.4. The minimum Gasteiger partial charge on any atom is -0.379 e. The minimum atomic E-state index is 0.117. The number of urea groups is 1. The van der Waals surface area contributed by atoms with Crippen LogP contribution in [-0.2, 0) is 4.74 Å². The molecule has 1 N–H and O–H groups in total. The van der Waals surface area contributed by atoms with Crippen molar-refractivity contribution in [2.24, 2.45) is 0 Å². The summed E-state index contributed by atoms with van der Waals surface area (Å²) in [6, 6.07) is 0.864. The first kappa shape index (κ1) is 15.6. The van der Waals surface area contributed by atoms with Crippen LogP contribution in [0.15, 0.2) is 0 Å². The zero-order valence-electron chi connectivity index (χ0n) is 12.9. The van der Waals surface area contributed by atoms with E-state index in [2.05, 4.69) is 24.1 Å². The van der Waals surface area contributed by atoms with Crippen molar-refractivity contribution in [1.82, 2.24) is 15.1 Å². The van der Waals surface area contributed by atoms with Crippen LogP contribution in [0.2, 0.25) is 0 Å². The summed E-state index contributed by atoms with van der Waals surface area (Å²) in [6.45, 7) is 9.86. The second kappa shape index (κ2) is 7.84. The summed E-state index contributed by atoms with van der Waals surface area (Å²) < 4.78 is 5.33. The maximum absolute atomic E-state index is 12.3. The van der Waals surface area contributed by atoms with Crippen LogP contribution >= 0.6 is 0 Å². The Morgan fingerprint density at radius 1 is 1.20 bits per heavy atom. The van der Waals surface area contributed by atoms with E-state index in [0.29, 0.717) is 12.1 Å². The van der Waals surface area contributed by atoms with Crippen LogP contribution in [0, 0.1) is 0 Å². The smallest absolute Gasteiger partial charge is 0.317 e. The van der Waals surface area contributed by atoms with E-state index in [0.717, 1.165) is 58.7 Å². The standard InChI is InChI=1S/C15H29N3O2/c1-13-5-3-6-14(2)18(13)15(19)16-7-4-8-17-9-11-20-12-10-17/h13-14H,3-12H2,1-2H3,(H,16,19)/t13-,14+. The molecule has 2 heterocycles. The maximum Gasteiger partial charge on any atom is 0.317 e. The van der Waals surface area contributed by atoms with Crippen LogP contribution in [0.25, 0.3) is 0 Å². The van der Waals surface area contributed by atoms with Gasteiger partial charge in [0, 0.05) is 31.7 Å². The number of piperidine rings is 1. The molecule has 2 rings (SSSR count). The highest BCUT2D eigenvalue weighted by Gasteiger charge is 2.28. The molecule has 0 radical (unpaired) electrons. The molecule has 2 aliphatic rings. The predicted molar refractivity (Wildman–Crippen MR) is 79.9 cm³/mol. The maximum atomic E-state index is 12.3. The Balaban J connectivity index is 1.64. The molecule has 0 unspecified atom stereocenters. The van der Waals surface area contributed by atoms with Crippen LogP contribution in [0.3, 0.4) is 0 Å². The third-order valence-electron chi connectivity index (χ3n) is 4.46. The third-order valence-corrected chi connectivity index (χ3v) is 4.46. The predicted octanol–water partition coefficient (Wildman–Crippen LogP) is 1.68. The number of hydrogen-bond acceptors (Lipinski definition) is 3. The van der Waals surface area contributed by atoms with E-state index >= 15 is 0 Å². The number of hydrogen-bond donors (Lipinski definition) is 1. The van der Waals surface area contributed by atoms with Crippen molar-refractivity contribution >= 4 is 6.03 Å². The molecule has 116 valence electrons. The molecule has 0 aromatic carbocycles. The monoisotopic (exact) mass is 283 g/mol. The molecule has 0 saturated carbocycles. The Kier molecular flexibility index (Phi) is 6.10. The number of ether oxygens (including phenoxy) is 1. The number of rotatable bonds is 4. The van der Waals surface area contributed by atoms with E-state index in [1.807, 2.05) is 4.90 Å². The molecule has 0 spiro atoms. The number of amides is 2. The Hall–Kier alpha value is -0.810. The molecule has 5 nitrogen and oxygen atoms in total. The number of nitrogens with one attached hydrogen (secondary N) is 1. The fourth-order valence-electron chi connectivity index (χ4n) is 3.24. The summed E-state index contributed by atoms with van der Waals surface area (Å²) in [5, 5.41) is 3.08. The second-order valence-electron chi connectivity index (χ2n) is 6.08. The first-order valence-electron chi connectivity index (χ1n) is 8.04. The van der Waals surface area contributed by atoms with Gasteiger partial charge in [-0.25, -0.2) is 4.79 Å². The molecule has 2 aliphatic heterocycles. The Labute approximate surface area is 122 Å². The van der Waals surface area contributed by atoms with Gasteiger partial charge in [-0.15, -0.1) is 0 Å². The lowest BCUT2D eigenvalue weighted by Crippen LogP contribution is -2.52. The Morgan fingerprint density at radius 2 is 1.85 bits per heavy atom. The highest BCUT2D eigenvalue weighted by atomic mass is 16.5. The molecule has 2 amide bonds. The SMILES string of the molecule is C[C@@H]1CCC[C@H](C)N1C(=O)NCCCN1CCOCC1. The summed E-state index contributed by atoms with van der Waals surface area (Å²) in [7, 11) is 0. The van der Waals surface area contributed by atoms with E-state index in [1.54, 1.807) is 0 Å². The van der Waals surface area contributed by atoms with E-state index in [9.17, 15) is 4.79 Å². The number of likely N-dealkylation sites (tertiary alicyclic amines) is 1. The average molecular weight is 283 g/mol. The van der Waals surface area contributed by atoms with Crippen molar-refractivity contribution in [2.75, 3.05) is 39.4 Å². The van der Waals surface area contributed by atoms with Crippen molar-refractivity contribution < 1.29 is 9.53 Å². The molecule has 2 atom stereocenters. The highest BCUT2D eigenvalue weighted by Crippen LogP contribution is 2.22. The average Bonchev–Trinajstić information content (AvgIpc) is 2.44. The first-order chi connectivity index (χ1) is 9.68. The van der Waals surface area contributed by atoms with Gasteiger partial charge in [0.1, 0.15) is 0 Å². The van der Waals surface area contributed by atoms with Gasteiger partial charge >= 0.3 is 6.03 Å². The minimum absolute atomic E-state index is 0.117. The summed E-state index contributed by atoms with van der Waals surface area (Å²) in [4.78, 5) is 16.7.